The van der Waals surface area contributed by atoms with E-state index in [-0.39, 0.29) is 24.3 Å². The van der Waals surface area contributed by atoms with E-state index in [4.69, 9.17) is 14.2 Å². The summed E-state index contributed by atoms with van der Waals surface area (Å²) >= 11 is 0. The molecule has 14 heavy (non-hydrogen) atoms. The third-order valence-corrected chi connectivity index (χ3v) is 2.56. The van der Waals surface area contributed by atoms with Crippen LogP contribution in [0.1, 0.15) is 12.8 Å². The van der Waals surface area contributed by atoms with Crippen LogP contribution in [0.3, 0.4) is 0 Å². The largest absolute Gasteiger partial charge is 0.462 e. The van der Waals surface area contributed by atoms with Crippen LogP contribution in [0.15, 0.2) is 12.7 Å². The van der Waals surface area contributed by atoms with Crippen LogP contribution in [-0.2, 0) is 19.0 Å². The van der Waals surface area contributed by atoms with Crippen molar-refractivity contribution in [2.75, 3.05) is 13.2 Å². The monoisotopic (exact) mass is 198 g/mol. The quantitative estimate of drug-likeness (QED) is 0.498. The molecule has 0 aromatic carbocycles. The molecule has 4 heteroatoms. The van der Waals surface area contributed by atoms with E-state index in [0.29, 0.717) is 26.1 Å². The van der Waals surface area contributed by atoms with E-state index in [0.717, 1.165) is 0 Å². The normalized spacial score (nSPS) is 33.3. The van der Waals surface area contributed by atoms with Gasteiger partial charge in [0.15, 0.2) is 6.29 Å². The summed E-state index contributed by atoms with van der Waals surface area (Å²) in [5, 5.41) is 0. The van der Waals surface area contributed by atoms with Crippen molar-refractivity contribution in [2.24, 2.45) is 5.92 Å². The van der Waals surface area contributed by atoms with Gasteiger partial charge in [-0.15, -0.1) is 6.58 Å². The first kappa shape index (κ1) is 9.68. The Kier molecular flexibility index (Phi) is 2.84. The van der Waals surface area contributed by atoms with Crippen LogP contribution in [0, 0.1) is 5.92 Å². The molecule has 0 saturated carbocycles. The van der Waals surface area contributed by atoms with Gasteiger partial charge in [-0.1, -0.05) is 6.08 Å². The Balaban J connectivity index is 2.00. The van der Waals surface area contributed by atoms with Crippen LogP contribution in [0.5, 0.6) is 0 Å². The Morgan fingerprint density at radius 3 is 2.79 bits per heavy atom. The highest BCUT2D eigenvalue weighted by Crippen LogP contribution is 2.31. The summed E-state index contributed by atoms with van der Waals surface area (Å²) in [5.41, 5.74) is 0. The maximum Gasteiger partial charge on any atom is 0.306 e. The highest BCUT2D eigenvalue weighted by molar-refractivity contribution is 5.72. The molecule has 0 bridgehead atoms. The van der Waals surface area contributed by atoms with E-state index >= 15 is 0 Å². The van der Waals surface area contributed by atoms with Crippen LogP contribution in [0.25, 0.3) is 0 Å². The molecule has 0 aromatic heterocycles. The van der Waals surface area contributed by atoms with Crippen LogP contribution >= 0.6 is 0 Å². The molecule has 2 atom stereocenters. The maximum atomic E-state index is 11.1. The fourth-order valence-electron chi connectivity index (χ4n) is 1.91. The second-order valence-electron chi connectivity index (χ2n) is 3.53. The molecule has 0 amide bonds. The first-order chi connectivity index (χ1) is 6.81. The SMILES string of the molecule is C=CC[C@@H]1OC(=O)C[C@H]1C1OCCO1. The summed E-state index contributed by atoms with van der Waals surface area (Å²) in [7, 11) is 0. The molecule has 4 nitrogen and oxygen atoms in total. The van der Waals surface area contributed by atoms with Gasteiger partial charge in [0.25, 0.3) is 0 Å². The molecule has 0 unspecified atom stereocenters. The Morgan fingerprint density at radius 1 is 1.43 bits per heavy atom. The molecule has 0 aliphatic carbocycles. The predicted molar refractivity (Wildman–Crippen MR) is 48.5 cm³/mol. The minimum absolute atomic E-state index is 0.0306. The van der Waals surface area contributed by atoms with Crippen LogP contribution in [0.2, 0.25) is 0 Å². The second kappa shape index (κ2) is 4.11. The number of carbonyl (C=O) groups is 1. The molecule has 2 saturated heterocycles. The van der Waals surface area contributed by atoms with Crippen molar-refractivity contribution < 1.29 is 19.0 Å². The van der Waals surface area contributed by atoms with Gasteiger partial charge in [0.2, 0.25) is 0 Å². The van der Waals surface area contributed by atoms with E-state index in [9.17, 15) is 4.79 Å². The molecule has 0 aromatic rings. The lowest BCUT2D eigenvalue weighted by Crippen LogP contribution is -2.28. The molecule has 78 valence electrons. The van der Waals surface area contributed by atoms with E-state index < -0.39 is 0 Å². The number of ether oxygens (including phenoxy) is 3. The van der Waals surface area contributed by atoms with Gasteiger partial charge in [0, 0.05) is 6.42 Å². The Bertz CT molecular complexity index is 232. The van der Waals surface area contributed by atoms with Gasteiger partial charge in [0.05, 0.1) is 25.6 Å². The van der Waals surface area contributed by atoms with Gasteiger partial charge >= 0.3 is 5.97 Å². The third kappa shape index (κ3) is 1.81. The van der Waals surface area contributed by atoms with Crippen molar-refractivity contribution in [1.82, 2.24) is 0 Å². The van der Waals surface area contributed by atoms with Gasteiger partial charge in [-0.05, 0) is 0 Å². The minimum atomic E-state index is -0.272. The second-order valence-corrected chi connectivity index (χ2v) is 3.53. The van der Waals surface area contributed by atoms with E-state index in [1.807, 2.05) is 0 Å². The molecule has 2 aliphatic heterocycles. The number of rotatable bonds is 3. The van der Waals surface area contributed by atoms with Gasteiger partial charge in [-0.3, -0.25) is 4.79 Å². The molecule has 2 aliphatic rings. The molecule has 0 N–H and O–H groups in total. The molecule has 2 rings (SSSR count). The first-order valence-corrected chi connectivity index (χ1v) is 4.85. The zero-order chi connectivity index (χ0) is 9.97. The third-order valence-electron chi connectivity index (χ3n) is 2.56. The Morgan fingerprint density at radius 2 is 2.14 bits per heavy atom. The highest BCUT2D eigenvalue weighted by atomic mass is 16.7. The number of carbonyl (C=O) groups excluding carboxylic acids is 1. The molecular weight excluding hydrogens is 184 g/mol. The zero-order valence-electron chi connectivity index (χ0n) is 7.98. The first-order valence-electron chi connectivity index (χ1n) is 4.85. The van der Waals surface area contributed by atoms with Crippen molar-refractivity contribution in [3.63, 3.8) is 0 Å². The predicted octanol–water partition coefficient (Wildman–Crippen LogP) is 0.867. The maximum absolute atomic E-state index is 11.1. The van der Waals surface area contributed by atoms with Crippen LogP contribution < -0.4 is 0 Å². The average molecular weight is 198 g/mol. The summed E-state index contributed by atoms with van der Waals surface area (Å²) in [6.45, 7) is 4.85. The van der Waals surface area contributed by atoms with Crippen molar-refractivity contribution in [1.29, 1.82) is 0 Å². The fourth-order valence-corrected chi connectivity index (χ4v) is 1.91. The lowest BCUT2D eigenvalue weighted by atomic mass is 9.98. The zero-order valence-corrected chi connectivity index (χ0v) is 7.98. The van der Waals surface area contributed by atoms with Crippen molar-refractivity contribution in [3.05, 3.63) is 12.7 Å². The molecule has 2 fully saturated rings. The van der Waals surface area contributed by atoms with Crippen LogP contribution in [-0.4, -0.2) is 31.6 Å². The number of hydrogen-bond donors (Lipinski definition) is 0. The lowest BCUT2D eigenvalue weighted by molar-refractivity contribution is -0.142. The smallest absolute Gasteiger partial charge is 0.306 e. The van der Waals surface area contributed by atoms with E-state index in [1.165, 1.54) is 0 Å². The molecule has 0 spiro atoms. The highest BCUT2D eigenvalue weighted by Gasteiger charge is 2.41. The van der Waals surface area contributed by atoms with Crippen molar-refractivity contribution in [3.8, 4) is 0 Å². The minimum Gasteiger partial charge on any atom is -0.462 e. The summed E-state index contributed by atoms with van der Waals surface area (Å²) in [4.78, 5) is 11.1. The Labute approximate surface area is 82.8 Å². The van der Waals surface area contributed by atoms with Gasteiger partial charge in [0.1, 0.15) is 6.10 Å². The van der Waals surface area contributed by atoms with E-state index in [1.54, 1.807) is 6.08 Å². The number of cyclic esters (lactones) is 1. The Hall–Kier alpha value is -0.870. The standard InChI is InChI=1S/C10H14O4/c1-2-3-8-7(6-9(11)14-8)10-12-4-5-13-10/h2,7-8,10H,1,3-6H2/t7-,8+/m1/s1. The molecular formula is C10H14O4. The topological polar surface area (TPSA) is 44.8 Å². The molecule has 0 radical (unpaired) electrons. The van der Waals surface area contributed by atoms with Crippen molar-refractivity contribution >= 4 is 5.97 Å². The summed E-state index contributed by atoms with van der Waals surface area (Å²) in [6, 6.07) is 0. The number of esters is 1. The average Bonchev–Trinajstić information content (AvgIpc) is 2.74. The van der Waals surface area contributed by atoms with Crippen LogP contribution in [0.4, 0.5) is 0 Å². The number of hydrogen-bond acceptors (Lipinski definition) is 4. The fraction of sp³-hybridized carbons (Fsp3) is 0.700. The summed E-state index contributed by atoms with van der Waals surface area (Å²) < 4.78 is 15.9. The van der Waals surface area contributed by atoms with Gasteiger partial charge in [-0.25, -0.2) is 0 Å². The van der Waals surface area contributed by atoms with Crippen molar-refractivity contribution in [2.45, 2.75) is 25.2 Å². The lowest BCUT2D eigenvalue weighted by Gasteiger charge is -2.20. The van der Waals surface area contributed by atoms with Gasteiger partial charge < -0.3 is 14.2 Å². The summed E-state index contributed by atoms with van der Waals surface area (Å²) in [5.74, 6) is -0.135. The molecule has 2 heterocycles. The van der Waals surface area contributed by atoms with E-state index in [2.05, 4.69) is 6.58 Å². The van der Waals surface area contributed by atoms with Gasteiger partial charge in [-0.2, -0.15) is 0 Å². The summed E-state index contributed by atoms with van der Waals surface area (Å²) in [6.07, 6.45) is 2.42.